The second-order valence-corrected chi connectivity index (χ2v) is 5.54. The molecule has 3 heterocycles. The van der Waals surface area contributed by atoms with Gasteiger partial charge in [-0.1, -0.05) is 18.3 Å². The lowest BCUT2D eigenvalue weighted by molar-refractivity contribution is -0.131. The highest BCUT2D eigenvalue weighted by Gasteiger charge is 2.34. The van der Waals surface area contributed by atoms with Crippen molar-refractivity contribution >= 4 is 18.1 Å². The zero-order chi connectivity index (χ0) is 12.0. The number of pyridine rings is 1. The van der Waals surface area contributed by atoms with Gasteiger partial charge in [-0.25, -0.2) is 0 Å². The third-order valence-electron chi connectivity index (χ3n) is 3.93. The SMILES string of the molecule is CC(=O)N1C[C@@H]2C[C@H](C1)c1cccc(=S)n1C2. The molecule has 2 aliphatic heterocycles. The summed E-state index contributed by atoms with van der Waals surface area (Å²) in [7, 11) is 0. The average molecular weight is 248 g/mol. The molecule has 0 radical (unpaired) electrons. The number of piperidine rings is 1. The van der Waals surface area contributed by atoms with Crippen LogP contribution in [0.5, 0.6) is 0 Å². The van der Waals surface area contributed by atoms with Crippen LogP contribution in [0.2, 0.25) is 0 Å². The number of nitrogens with zero attached hydrogens (tertiary/aromatic N) is 2. The van der Waals surface area contributed by atoms with Crippen molar-refractivity contribution in [3.05, 3.63) is 28.5 Å². The highest BCUT2D eigenvalue weighted by atomic mass is 32.1. The van der Waals surface area contributed by atoms with Gasteiger partial charge in [0, 0.05) is 38.2 Å². The Morgan fingerprint density at radius 3 is 2.94 bits per heavy atom. The van der Waals surface area contributed by atoms with Crippen molar-refractivity contribution in [3.63, 3.8) is 0 Å². The van der Waals surface area contributed by atoms with Crippen LogP contribution in [0.3, 0.4) is 0 Å². The molecule has 0 spiro atoms. The Balaban J connectivity index is 2.01. The van der Waals surface area contributed by atoms with Crippen molar-refractivity contribution in [1.29, 1.82) is 0 Å². The molecule has 4 heteroatoms. The largest absolute Gasteiger partial charge is 0.342 e. The first-order valence-electron chi connectivity index (χ1n) is 6.10. The van der Waals surface area contributed by atoms with Crippen LogP contribution in [0.15, 0.2) is 18.2 Å². The molecule has 3 nitrogen and oxygen atoms in total. The van der Waals surface area contributed by atoms with Gasteiger partial charge >= 0.3 is 0 Å². The number of likely N-dealkylation sites (tertiary alicyclic amines) is 1. The van der Waals surface area contributed by atoms with Crippen molar-refractivity contribution in [1.82, 2.24) is 9.47 Å². The first kappa shape index (κ1) is 11.0. The van der Waals surface area contributed by atoms with Crippen LogP contribution in [0.25, 0.3) is 0 Å². The van der Waals surface area contributed by atoms with Gasteiger partial charge in [-0.3, -0.25) is 4.79 Å². The fourth-order valence-electron chi connectivity index (χ4n) is 3.15. The van der Waals surface area contributed by atoms with Gasteiger partial charge in [0.15, 0.2) is 0 Å². The topological polar surface area (TPSA) is 25.2 Å². The van der Waals surface area contributed by atoms with Gasteiger partial charge in [0.2, 0.25) is 5.91 Å². The molecule has 2 bridgehead atoms. The van der Waals surface area contributed by atoms with Crippen LogP contribution < -0.4 is 0 Å². The summed E-state index contributed by atoms with van der Waals surface area (Å²) >= 11 is 5.38. The summed E-state index contributed by atoms with van der Waals surface area (Å²) in [5, 5.41) is 0. The van der Waals surface area contributed by atoms with E-state index in [0.29, 0.717) is 11.8 Å². The van der Waals surface area contributed by atoms with E-state index in [1.807, 2.05) is 17.0 Å². The van der Waals surface area contributed by atoms with Crippen molar-refractivity contribution < 1.29 is 4.79 Å². The summed E-state index contributed by atoms with van der Waals surface area (Å²) in [5.74, 6) is 1.23. The van der Waals surface area contributed by atoms with E-state index in [1.165, 1.54) is 12.1 Å². The van der Waals surface area contributed by atoms with E-state index >= 15 is 0 Å². The standard InChI is InChI=1S/C13H16N2OS/c1-9(16)14-6-10-5-11(8-14)12-3-2-4-13(17)15(12)7-10/h2-4,10-11H,5-8H2,1H3/t10-,11+/m0/s1. The average Bonchev–Trinajstić information content (AvgIpc) is 2.30. The maximum Gasteiger partial charge on any atom is 0.219 e. The van der Waals surface area contributed by atoms with E-state index in [4.69, 9.17) is 12.2 Å². The zero-order valence-electron chi connectivity index (χ0n) is 9.93. The molecule has 0 aromatic carbocycles. The fraction of sp³-hybridized carbons (Fsp3) is 0.538. The number of hydrogen-bond donors (Lipinski definition) is 0. The summed E-state index contributed by atoms with van der Waals surface area (Å²) in [6, 6.07) is 6.17. The Morgan fingerprint density at radius 1 is 1.35 bits per heavy atom. The molecule has 2 aliphatic rings. The fourth-order valence-corrected chi connectivity index (χ4v) is 3.41. The molecule has 1 aromatic heterocycles. The van der Waals surface area contributed by atoms with Crippen LogP contribution in [-0.2, 0) is 11.3 Å². The number of fused-ring (bicyclic) bond motifs is 4. The second-order valence-electron chi connectivity index (χ2n) is 5.12. The number of carbonyl (C=O) groups excluding carboxylic acids is 1. The summed E-state index contributed by atoms with van der Waals surface area (Å²) in [4.78, 5) is 13.5. The molecule has 2 atom stereocenters. The van der Waals surface area contributed by atoms with Crippen LogP contribution in [0.1, 0.15) is 25.0 Å². The lowest BCUT2D eigenvalue weighted by atomic mass is 9.83. The smallest absolute Gasteiger partial charge is 0.219 e. The predicted octanol–water partition coefficient (Wildman–Crippen LogP) is 2.18. The number of hydrogen-bond acceptors (Lipinski definition) is 2. The minimum Gasteiger partial charge on any atom is -0.342 e. The van der Waals surface area contributed by atoms with Gasteiger partial charge in [-0.05, 0) is 24.5 Å². The number of rotatable bonds is 0. The summed E-state index contributed by atoms with van der Waals surface area (Å²) in [6.45, 7) is 4.38. The third kappa shape index (κ3) is 1.80. The molecule has 1 aromatic rings. The summed E-state index contributed by atoms with van der Waals surface area (Å²) < 4.78 is 3.18. The zero-order valence-corrected chi connectivity index (χ0v) is 10.7. The van der Waals surface area contributed by atoms with Gasteiger partial charge in [0.05, 0.1) is 0 Å². The van der Waals surface area contributed by atoms with E-state index in [-0.39, 0.29) is 5.91 Å². The van der Waals surface area contributed by atoms with E-state index < -0.39 is 0 Å². The minimum absolute atomic E-state index is 0.197. The Kier molecular flexibility index (Phi) is 2.54. The predicted molar refractivity (Wildman–Crippen MR) is 68.4 cm³/mol. The molecule has 0 unspecified atom stereocenters. The van der Waals surface area contributed by atoms with Gasteiger partial charge in [-0.15, -0.1) is 0 Å². The van der Waals surface area contributed by atoms with Crippen molar-refractivity contribution in [2.75, 3.05) is 13.1 Å². The molecular formula is C13H16N2OS. The first-order chi connectivity index (χ1) is 8.15. The molecular weight excluding hydrogens is 232 g/mol. The quantitative estimate of drug-likeness (QED) is 0.658. The van der Waals surface area contributed by atoms with Gasteiger partial charge in [0.1, 0.15) is 4.64 Å². The molecule has 0 aliphatic carbocycles. The van der Waals surface area contributed by atoms with Crippen LogP contribution >= 0.6 is 12.2 Å². The van der Waals surface area contributed by atoms with Crippen molar-refractivity contribution in [2.45, 2.75) is 25.8 Å². The molecule has 0 N–H and O–H groups in total. The number of amides is 1. The third-order valence-corrected chi connectivity index (χ3v) is 4.28. The second kappa shape index (κ2) is 3.95. The Morgan fingerprint density at radius 2 is 2.18 bits per heavy atom. The molecule has 0 saturated carbocycles. The monoisotopic (exact) mass is 248 g/mol. The van der Waals surface area contributed by atoms with E-state index in [0.717, 1.165) is 24.3 Å². The molecule has 1 amide bonds. The molecule has 90 valence electrons. The minimum atomic E-state index is 0.197. The Labute approximate surface area is 106 Å². The van der Waals surface area contributed by atoms with Gasteiger partial charge in [-0.2, -0.15) is 0 Å². The highest BCUT2D eigenvalue weighted by Crippen LogP contribution is 2.35. The van der Waals surface area contributed by atoms with Crippen molar-refractivity contribution in [2.24, 2.45) is 5.92 Å². The van der Waals surface area contributed by atoms with Crippen LogP contribution in [-0.4, -0.2) is 28.5 Å². The summed E-state index contributed by atoms with van der Waals surface area (Å²) in [5.41, 5.74) is 1.31. The summed E-state index contributed by atoms with van der Waals surface area (Å²) in [6.07, 6.45) is 1.20. The van der Waals surface area contributed by atoms with Crippen LogP contribution in [0, 0.1) is 10.6 Å². The van der Waals surface area contributed by atoms with Gasteiger partial charge in [0.25, 0.3) is 0 Å². The lowest BCUT2D eigenvalue weighted by Gasteiger charge is -2.42. The van der Waals surface area contributed by atoms with Gasteiger partial charge < -0.3 is 9.47 Å². The molecule has 17 heavy (non-hydrogen) atoms. The van der Waals surface area contributed by atoms with E-state index in [2.05, 4.69) is 10.6 Å². The molecule has 1 fully saturated rings. The highest BCUT2D eigenvalue weighted by molar-refractivity contribution is 7.71. The Bertz CT molecular complexity index is 522. The lowest BCUT2D eigenvalue weighted by Crippen LogP contribution is -2.46. The maximum atomic E-state index is 11.5. The van der Waals surface area contributed by atoms with Crippen molar-refractivity contribution in [3.8, 4) is 0 Å². The van der Waals surface area contributed by atoms with E-state index in [9.17, 15) is 4.79 Å². The molecule has 1 saturated heterocycles. The Hall–Kier alpha value is -1.16. The number of aromatic nitrogens is 1. The number of carbonyl (C=O) groups is 1. The van der Waals surface area contributed by atoms with E-state index in [1.54, 1.807) is 6.92 Å². The normalized spacial score (nSPS) is 26.5. The first-order valence-corrected chi connectivity index (χ1v) is 6.51. The molecule has 3 rings (SSSR count). The van der Waals surface area contributed by atoms with Crippen LogP contribution in [0.4, 0.5) is 0 Å². The maximum absolute atomic E-state index is 11.5.